The third kappa shape index (κ3) is 4.94. The first-order valence-electron chi connectivity index (χ1n) is 6.76. The molecule has 0 aliphatic carbocycles. The molecule has 0 saturated heterocycles. The van der Waals surface area contributed by atoms with Crippen LogP contribution in [0.5, 0.6) is 0 Å². The Labute approximate surface area is 132 Å². The number of nitrogens with one attached hydrogen (secondary N) is 2. The number of para-hydroxylation sites is 1. The fourth-order valence-corrected chi connectivity index (χ4v) is 2.56. The lowest BCUT2D eigenvalue weighted by Crippen LogP contribution is -2.37. The van der Waals surface area contributed by atoms with Gasteiger partial charge in [0.15, 0.2) is 0 Å². The highest BCUT2D eigenvalue weighted by Crippen LogP contribution is 2.22. The predicted octanol–water partition coefficient (Wildman–Crippen LogP) is 1.19. The number of hydrogen-bond acceptors (Lipinski definition) is 5. The molecule has 0 atom stereocenters. The first-order chi connectivity index (χ1) is 10.7. The third-order valence-electron chi connectivity index (χ3n) is 2.74. The Morgan fingerprint density at radius 1 is 1.32 bits per heavy atom. The van der Waals surface area contributed by atoms with Gasteiger partial charge in [-0.3, -0.25) is 9.59 Å². The molecule has 2 amide bonds. The number of benzene rings is 1. The molecule has 0 radical (unpaired) electrons. The van der Waals surface area contributed by atoms with Gasteiger partial charge in [0.05, 0.1) is 23.4 Å². The standard InChI is InChI=1S/C15H17N3O3S/c1-21-9-8-16-14(20)10-17-13(19)6-7-15-18-11-4-2-3-5-12(11)22-15/h2-7H,8-10H2,1H3,(H,16,20)(H,17,19)/b7-6+. The average Bonchev–Trinajstić information content (AvgIpc) is 2.94. The lowest BCUT2D eigenvalue weighted by Gasteiger charge is -2.04. The van der Waals surface area contributed by atoms with Crippen molar-refractivity contribution >= 4 is 39.4 Å². The summed E-state index contributed by atoms with van der Waals surface area (Å²) in [4.78, 5) is 27.4. The van der Waals surface area contributed by atoms with Gasteiger partial charge in [0, 0.05) is 19.7 Å². The highest BCUT2D eigenvalue weighted by molar-refractivity contribution is 7.19. The van der Waals surface area contributed by atoms with Crippen LogP contribution in [0.3, 0.4) is 0 Å². The Balaban J connectivity index is 1.80. The van der Waals surface area contributed by atoms with Crippen molar-refractivity contribution in [1.82, 2.24) is 15.6 Å². The average molecular weight is 319 g/mol. The molecule has 0 aliphatic heterocycles. The number of hydrogen-bond donors (Lipinski definition) is 2. The number of carbonyl (C=O) groups excluding carboxylic acids is 2. The number of nitrogens with zero attached hydrogens (tertiary/aromatic N) is 1. The molecular formula is C15H17N3O3S. The maximum atomic E-state index is 11.6. The van der Waals surface area contributed by atoms with Crippen LogP contribution in [0, 0.1) is 0 Å². The van der Waals surface area contributed by atoms with Crippen LogP contribution in [-0.4, -0.2) is 43.6 Å². The molecule has 22 heavy (non-hydrogen) atoms. The fraction of sp³-hybridized carbons (Fsp3) is 0.267. The fourth-order valence-electron chi connectivity index (χ4n) is 1.69. The van der Waals surface area contributed by atoms with E-state index in [1.807, 2.05) is 24.3 Å². The van der Waals surface area contributed by atoms with Gasteiger partial charge in [0.1, 0.15) is 5.01 Å². The summed E-state index contributed by atoms with van der Waals surface area (Å²) in [5.74, 6) is -0.583. The first kappa shape index (κ1) is 16.1. The summed E-state index contributed by atoms with van der Waals surface area (Å²) in [6.07, 6.45) is 3.02. The molecular weight excluding hydrogens is 302 g/mol. The van der Waals surface area contributed by atoms with E-state index in [9.17, 15) is 9.59 Å². The summed E-state index contributed by atoms with van der Waals surface area (Å²) in [5.41, 5.74) is 0.907. The quantitative estimate of drug-likeness (QED) is 0.593. The summed E-state index contributed by atoms with van der Waals surface area (Å²) in [7, 11) is 1.56. The zero-order valence-corrected chi connectivity index (χ0v) is 13.0. The van der Waals surface area contributed by atoms with E-state index in [1.165, 1.54) is 17.4 Å². The second kappa shape index (κ2) is 8.26. The number of aromatic nitrogens is 1. The van der Waals surface area contributed by atoms with Gasteiger partial charge in [-0.15, -0.1) is 11.3 Å². The lowest BCUT2D eigenvalue weighted by atomic mass is 10.3. The second-order valence-corrected chi connectivity index (χ2v) is 5.48. The number of amides is 2. The van der Waals surface area contributed by atoms with Crippen molar-refractivity contribution < 1.29 is 14.3 Å². The van der Waals surface area contributed by atoms with Crippen molar-refractivity contribution in [3.8, 4) is 0 Å². The molecule has 0 saturated carbocycles. The number of fused-ring (bicyclic) bond motifs is 1. The number of carbonyl (C=O) groups is 2. The second-order valence-electron chi connectivity index (χ2n) is 4.41. The van der Waals surface area contributed by atoms with Gasteiger partial charge in [-0.05, 0) is 18.2 Å². The largest absolute Gasteiger partial charge is 0.383 e. The van der Waals surface area contributed by atoms with Gasteiger partial charge in [0.2, 0.25) is 11.8 Å². The van der Waals surface area contributed by atoms with Crippen molar-refractivity contribution in [1.29, 1.82) is 0 Å². The van der Waals surface area contributed by atoms with Gasteiger partial charge < -0.3 is 15.4 Å². The molecule has 2 rings (SSSR count). The molecule has 6 nitrogen and oxygen atoms in total. The van der Waals surface area contributed by atoms with Crippen molar-refractivity contribution in [2.75, 3.05) is 26.8 Å². The molecule has 0 bridgehead atoms. The monoisotopic (exact) mass is 319 g/mol. The van der Waals surface area contributed by atoms with Crippen LogP contribution >= 0.6 is 11.3 Å². The van der Waals surface area contributed by atoms with E-state index in [1.54, 1.807) is 13.2 Å². The molecule has 2 aromatic rings. The summed E-state index contributed by atoms with van der Waals surface area (Å²) >= 11 is 1.51. The Morgan fingerprint density at radius 2 is 2.14 bits per heavy atom. The summed E-state index contributed by atoms with van der Waals surface area (Å²) < 4.78 is 5.88. The van der Waals surface area contributed by atoms with Gasteiger partial charge in [-0.2, -0.15) is 0 Å². The number of thiazole rings is 1. The van der Waals surface area contributed by atoms with Crippen LogP contribution in [0.4, 0.5) is 0 Å². The van der Waals surface area contributed by atoms with Crippen molar-refractivity contribution in [2.45, 2.75) is 0 Å². The van der Waals surface area contributed by atoms with Crippen LogP contribution in [0.25, 0.3) is 16.3 Å². The zero-order chi connectivity index (χ0) is 15.8. The third-order valence-corrected chi connectivity index (χ3v) is 3.74. The maximum Gasteiger partial charge on any atom is 0.244 e. The minimum absolute atomic E-state index is 0.0628. The van der Waals surface area contributed by atoms with Gasteiger partial charge in [-0.1, -0.05) is 12.1 Å². The number of rotatable bonds is 7. The summed E-state index contributed by atoms with van der Waals surface area (Å²) in [6, 6.07) is 7.77. The zero-order valence-electron chi connectivity index (χ0n) is 12.2. The maximum absolute atomic E-state index is 11.6. The molecule has 0 aliphatic rings. The van der Waals surface area contributed by atoms with Gasteiger partial charge >= 0.3 is 0 Å². The van der Waals surface area contributed by atoms with Crippen molar-refractivity contribution in [3.05, 3.63) is 35.3 Å². The van der Waals surface area contributed by atoms with Crippen molar-refractivity contribution in [3.63, 3.8) is 0 Å². The summed E-state index contributed by atoms with van der Waals surface area (Å²) in [5, 5.41) is 5.88. The van der Waals surface area contributed by atoms with E-state index < -0.39 is 0 Å². The van der Waals surface area contributed by atoms with Crippen LogP contribution in [-0.2, 0) is 14.3 Å². The smallest absolute Gasteiger partial charge is 0.244 e. The van der Waals surface area contributed by atoms with E-state index in [0.717, 1.165) is 15.2 Å². The minimum Gasteiger partial charge on any atom is -0.383 e. The molecule has 116 valence electrons. The van der Waals surface area contributed by atoms with E-state index in [2.05, 4.69) is 15.6 Å². The van der Waals surface area contributed by atoms with E-state index in [0.29, 0.717) is 13.2 Å². The molecule has 2 N–H and O–H groups in total. The Hall–Kier alpha value is -2.25. The Kier molecular flexibility index (Phi) is 6.05. The van der Waals surface area contributed by atoms with Gasteiger partial charge in [0.25, 0.3) is 0 Å². The van der Waals surface area contributed by atoms with E-state index >= 15 is 0 Å². The highest BCUT2D eigenvalue weighted by atomic mass is 32.1. The molecule has 0 fully saturated rings. The molecule has 1 heterocycles. The topological polar surface area (TPSA) is 80.3 Å². The summed E-state index contributed by atoms with van der Waals surface area (Å²) in [6.45, 7) is 0.802. The molecule has 0 spiro atoms. The predicted molar refractivity (Wildman–Crippen MR) is 86.5 cm³/mol. The van der Waals surface area contributed by atoms with Gasteiger partial charge in [-0.25, -0.2) is 4.98 Å². The Bertz CT molecular complexity index is 648. The van der Waals surface area contributed by atoms with Crippen molar-refractivity contribution in [2.24, 2.45) is 0 Å². The normalized spacial score (nSPS) is 11.0. The van der Waals surface area contributed by atoms with Crippen LogP contribution in [0.2, 0.25) is 0 Å². The van der Waals surface area contributed by atoms with Crippen LogP contribution in [0.15, 0.2) is 30.3 Å². The number of methoxy groups -OCH3 is 1. The number of ether oxygens (including phenoxy) is 1. The molecule has 7 heteroatoms. The highest BCUT2D eigenvalue weighted by Gasteiger charge is 2.03. The minimum atomic E-state index is -0.332. The van der Waals surface area contributed by atoms with Crippen LogP contribution in [0.1, 0.15) is 5.01 Å². The Morgan fingerprint density at radius 3 is 2.91 bits per heavy atom. The van der Waals surface area contributed by atoms with E-state index in [-0.39, 0.29) is 18.4 Å². The SMILES string of the molecule is COCCNC(=O)CNC(=O)/C=C/c1nc2ccccc2s1. The van der Waals surface area contributed by atoms with E-state index in [4.69, 9.17) is 4.74 Å². The molecule has 1 aromatic heterocycles. The van der Waals surface area contributed by atoms with Crippen LogP contribution < -0.4 is 10.6 Å². The molecule has 0 unspecified atom stereocenters. The molecule has 1 aromatic carbocycles. The lowest BCUT2D eigenvalue weighted by molar-refractivity contribution is -0.124. The first-order valence-corrected chi connectivity index (χ1v) is 7.58.